The first-order valence-corrected chi connectivity index (χ1v) is 6.59. The van der Waals surface area contributed by atoms with E-state index in [1.165, 1.54) is 0 Å². The van der Waals surface area contributed by atoms with Crippen LogP contribution in [0.5, 0.6) is 0 Å². The molecule has 0 aliphatic heterocycles. The van der Waals surface area contributed by atoms with Crippen molar-refractivity contribution >= 4 is 18.1 Å². The van der Waals surface area contributed by atoms with Crippen molar-refractivity contribution in [3.63, 3.8) is 0 Å². The number of methoxy groups -OCH3 is 1. The van der Waals surface area contributed by atoms with Gasteiger partial charge < -0.3 is 10.1 Å². The Morgan fingerprint density at radius 1 is 1.45 bits per heavy atom. The first-order valence-electron chi connectivity index (χ1n) is 6.18. The van der Waals surface area contributed by atoms with Crippen LogP contribution in [0, 0.1) is 4.77 Å². The summed E-state index contributed by atoms with van der Waals surface area (Å²) in [6.45, 7) is 1.08. The van der Waals surface area contributed by atoms with Crippen LogP contribution in [0.1, 0.15) is 0 Å². The van der Waals surface area contributed by atoms with Crippen molar-refractivity contribution in [3.8, 4) is 11.4 Å². The number of hydrogen-bond donors (Lipinski definition) is 2. The fraction of sp³-hybridized carbons (Fsp3) is 0.308. The summed E-state index contributed by atoms with van der Waals surface area (Å²) >= 11 is 5.17. The number of hydrogen-bond acceptors (Lipinski definition) is 4. The Bertz CT molecular complexity index is 621. The number of rotatable bonds is 6. The van der Waals surface area contributed by atoms with Gasteiger partial charge in [-0.3, -0.25) is 14.5 Å². The summed E-state index contributed by atoms with van der Waals surface area (Å²) in [6, 6.07) is 9.59. The summed E-state index contributed by atoms with van der Waals surface area (Å²) in [7, 11) is 1.59. The molecule has 0 fully saturated rings. The second kappa shape index (κ2) is 6.97. The fourth-order valence-corrected chi connectivity index (χ4v) is 1.96. The molecule has 1 aromatic carbocycles. The second-order valence-electron chi connectivity index (χ2n) is 4.15. The van der Waals surface area contributed by atoms with Crippen molar-refractivity contribution in [1.82, 2.24) is 20.1 Å². The Labute approximate surface area is 121 Å². The average molecular weight is 292 g/mol. The van der Waals surface area contributed by atoms with Crippen LogP contribution < -0.4 is 5.32 Å². The van der Waals surface area contributed by atoms with Crippen molar-refractivity contribution < 1.29 is 9.53 Å². The third kappa shape index (κ3) is 3.52. The van der Waals surface area contributed by atoms with Gasteiger partial charge in [-0.15, -0.1) is 0 Å². The molecule has 0 aliphatic carbocycles. The van der Waals surface area contributed by atoms with Crippen LogP contribution in [0.2, 0.25) is 0 Å². The molecule has 2 N–H and O–H groups in total. The van der Waals surface area contributed by atoms with Gasteiger partial charge in [0.05, 0.1) is 6.61 Å². The highest BCUT2D eigenvalue weighted by molar-refractivity contribution is 7.71. The molecule has 7 heteroatoms. The molecule has 0 aliphatic rings. The van der Waals surface area contributed by atoms with Crippen molar-refractivity contribution in [2.24, 2.45) is 0 Å². The number of ether oxygens (including phenoxy) is 1. The first-order chi connectivity index (χ1) is 9.72. The van der Waals surface area contributed by atoms with E-state index < -0.39 is 0 Å². The predicted octanol–water partition coefficient (Wildman–Crippen LogP) is 1.37. The Morgan fingerprint density at radius 2 is 2.20 bits per heavy atom. The normalized spacial score (nSPS) is 10.4. The topological polar surface area (TPSA) is 71.9 Å². The molecule has 1 aromatic heterocycles. The molecular weight excluding hydrogens is 276 g/mol. The minimum absolute atomic E-state index is 0.128. The Hall–Kier alpha value is -1.99. The van der Waals surface area contributed by atoms with Crippen LogP contribution in [-0.4, -0.2) is 40.9 Å². The van der Waals surface area contributed by atoms with Gasteiger partial charge in [-0.1, -0.05) is 30.3 Å². The van der Waals surface area contributed by atoms with Gasteiger partial charge in [0.25, 0.3) is 0 Å². The Morgan fingerprint density at radius 3 is 2.90 bits per heavy atom. The highest BCUT2D eigenvalue weighted by Gasteiger charge is 2.11. The highest BCUT2D eigenvalue weighted by atomic mass is 32.1. The molecule has 0 saturated heterocycles. The lowest BCUT2D eigenvalue weighted by atomic mass is 10.2. The van der Waals surface area contributed by atoms with E-state index in [-0.39, 0.29) is 12.5 Å². The molecule has 106 valence electrons. The number of carbonyl (C=O) groups is 1. The van der Waals surface area contributed by atoms with E-state index in [2.05, 4.69) is 15.5 Å². The number of nitrogens with one attached hydrogen (secondary N) is 2. The molecule has 0 bridgehead atoms. The maximum atomic E-state index is 11.8. The Balaban J connectivity index is 2.14. The van der Waals surface area contributed by atoms with Gasteiger partial charge in [0, 0.05) is 19.2 Å². The van der Waals surface area contributed by atoms with Gasteiger partial charge in [0.1, 0.15) is 6.54 Å². The van der Waals surface area contributed by atoms with Crippen molar-refractivity contribution in [3.05, 3.63) is 35.1 Å². The minimum atomic E-state index is -0.128. The van der Waals surface area contributed by atoms with Crippen molar-refractivity contribution in [2.45, 2.75) is 6.54 Å². The second-order valence-corrected chi connectivity index (χ2v) is 4.53. The maximum absolute atomic E-state index is 11.8. The predicted molar refractivity (Wildman–Crippen MR) is 77.7 cm³/mol. The summed E-state index contributed by atoms with van der Waals surface area (Å²) in [5.74, 6) is 0.522. The van der Waals surface area contributed by atoms with Crippen molar-refractivity contribution in [2.75, 3.05) is 20.3 Å². The summed E-state index contributed by atoms with van der Waals surface area (Å²) in [4.78, 5) is 11.8. The van der Waals surface area contributed by atoms with Crippen molar-refractivity contribution in [1.29, 1.82) is 0 Å². The number of aromatic nitrogens is 3. The third-order valence-electron chi connectivity index (χ3n) is 2.72. The van der Waals surface area contributed by atoms with E-state index in [1.807, 2.05) is 30.3 Å². The zero-order valence-electron chi connectivity index (χ0n) is 11.1. The number of nitrogens with zero attached hydrogens (tertiary/aromatic N) is 2. The van der Waals surface area contributed by atoms with Gasteiger partial charge in [-0.2, -0.15) is 5.10 Å². The molecule has 2 rings (SSSR count). The van der Waals surface area contributed by atoms with Gasteiger partial charge in [-0.25, -0.2) is 0 Å². The quantitative estimate of drug-likeness (QED) is 0.623. The molecular formula is C13H16N4O2S. The summed E-state index contributed by atoms with van der Waals surface area (Å²) in [5, 5.41) is 9.65. The monoisotopic (exact) mass is 292 g/mol. The molecule has 2 aromatic rings. The number of aromatic amines is 1. The van der Waals surface area contributed by atoms with E-state index in [0.717, 1.165) is 5.56 Å². The van der Waals surface area contributed by atoms with Crippen LogP contribution in [0.4, 0.5) is 0 Å². The lowest BCUT2D eigenvalue weighted by molar-refractivity contribution is -0.121. The summed E-state index contributed by atoms with van der Waals surface area (Å²) < 4.78 is 6.98. The number of amides is 1. The molecule has 1 amide bonds. The molecule has 0 radical (unpaired) electrons. The maximum Gasteiger partial charge on any atom is 0.240 e. The standard InChI is InChI=1S/C13H16N4O2S/c1-19-8-7-14-11(18)9-17-12(15-16-13(17)20)10-5-3-2-4-6-10/h2-6H,7-9H2,1H3,(H,14,18)(H,16,20). The lowest BCUT2D eigenvalue weighted by Crippen LogP contribution is -2.30. The van der Waals surface area contributed by atoms with E-state index in [9.17, 15) is 4.79 Å². The molecule has 0 spiro atoms. The van der Waals surface area contributed by atoms with Crippen LogP contribution >= 0.6 is 12.2 Å². The average Bonchev–Trinajstić information content (AvgIpc) is 2.82. The van der Waals surface area contributed by atoms with Gasteiger partial charge >= 0.3 is 0 Å². The van der Waals surface area contributed by atoms with Crippen LogP contribution in [0.3, 0.4) is 0 Å². The van der Waals surface area contributed by atoms with E-state index >= 15 is 0 Å². The van der Waals surface area contributed by atoms with Crippen LogP contribution in [0.25, 0.3) is 11.4 Å². The molecule has 20 heavy (non-hydrogen) atoms. The molecule has 0 atom stereocenters. The molecule has 0 unspecified atom stereocenters. The van der Waals surface area contributed by atoms with E-state index in [0.29, 0.717) is 23.7 Å². The van der Waals surface area contributed by atoms with Gasteiger partial charge in [0.2, 0.25) is 5.91 Å². The zero-order valence-corrected chi connectivity index (χ0v) is 11.9. The number of benzene rings is 1. The molecule has 6 nitrogen and oxygen atoms in total. The molecule has 0 saturated carbocycles. The largest absolute Gasteiger partial charge is 0.383 e. The van der Waals surface area contributed by atoms with E-state index in [1.54, 1.807) is 11.7 Å². The number of carbonyl (C=O) groups excluding carboxylic acids is 1. The smallest absolute Gasteiger partial charge is 0.240 e. The zero-order chi connectivity index (χ0) is 14.4. The summed E-state index contributed by atoms with van der Waals surface area (Å²) in [5.41, 5.74) is 0.907. The SMILES string of the molecule is COCCNC(=O)Cn1c(-c2ccccc2)n[nH]c1=S. The van der Waals surface area contributed by atoms with Gasteiger partial charge in [0.15, 0.2) is 10.6 Å². The van der Waals surface area contributed by atoms with Gasteiger partial charge in [-0.05, 0) is 12.2 Å². The minimum Gasteiger partial charge on any atom is -0.383 e. The first kappa shape index (κ1) is 14.4. The molecule has 1 heterocycles. The summed E-state index contributed by atoms with van der Waals surface area (Å²) in [6.07, 6.45) is 0. The fourth-order valence-electron chi connectivity index (χ4n) is 1.76. The van der Waals surface area contributed by atoms with Crippen LogP contribution in [-0.2, 0) is 16.1 Å². The van der Waals surface area contributed by atoms with E-state index in [4.69, 9.17) is 17.0 Å². The lowest BCUT2D eigenvalue weighted by Gasteiger charge is -2.07. The highest BCUT2D eigenvalue weighted by Crippen LogP contribution is 2.16. The Kier molecular flexibility index (Phi) is 5.03. The van der Waals surface area contributed by atoms with Crippen LogP contribution in [0.15, 0.2) is 30.3 Å². The third-order valence-corrected chi connectivity index (χ3v) is 3.03. The number of H-pyrrole nitrogens is 1.